The number of nitrogens with one attached hydrogen (secondary N) is 2. The monoisotopic (exact) mass is 415 g/mol. The molecule has 6 heteroatoms. The van der Waals surface area contributed by atoms with Gasteiger partial charge in [-0.15, -0.1) is 24.0 Å². The van der Waals surface area contributed by atoms with Crippen LogP contribution in [0.2, 0.25) is 0 Å². The van der Waals surface area contributed by atoms with Crippen molar-refractivity contribution in [3.05, 3.63) is 0 Å². The number of ether oxygens (including phenoxy) is 1. The van der Waals surface area contributed by atoms with Gasteiger partial charge in [0.05, 0.1) is 0 Å². The van der Waals surface area contributed by atoms with E-state index < -0.39 is 0 Å². The molecule has 0 fully saturated rings. The number of aliphatic imine (C=N–C) groups is 1. The maximum absolute atomic E-state index is 9.06. The first-order valence-electron chi connectivity index (χ1n) is 7.99. The molecule has 0 saturated heterocycles. The van der Waals surface area contributed by atoms with Gasteiger partial charge in [0.1, 0.15) is 0 Å². The van der Waals surface area contributed by atoms with Crippen LogP contribution in [0, 0.1) is 5.92 Å². The molecule has 0 spiro atoms. The van der Waals surface area contributed by atoms with E-state index in [0.29, 0.717) is 5.92 Å². The minimum atomic E-state index is 0. The third-order valence-electron chi connectivity index (χ3n) is 3.05. The molecule has 0 heterocycles. The molecule has 0 saturated carbocycles. The lowest BCUT2D eigenvalue weighted by atomic mass is 10.0. The number of hydrogen-bond donors (Lipinski definition) is 3. The van der Waals surface area contributed by atoms with Gasteiger partial charge < -0.3 is 20.5 Å². The fourth-order valence-electron chi connectivity index (χ4n) is 2.01. The number of rotatable bonds is 12. The van der Waals surface area contributed by atoms with Crippen molar-refractivity contribution in [3.63, 3.8) is 0 Å². The Balaban J connectivity index is 0. The molecule has 0 aromatic heterocycles. The van der Waals surface area contributed by atoms with E-state index in [1.54, 1.807) is 0 Å². The largest absolute Gasteiger partial charge is 0.396 e. The second-order valence-electron chi connectivity index (χ2n) is 4.86. The molecule has 1 unspecified atom stereocenters. The van der Waals surface area contributed by atoms with Gasteiger partial charge in [-0.25, -0.2) is 0 Å². The Hall–Kier alpha value is -0.0800. The van der Waals surface area contributed by atoms with Crippen LogP contribution in [0.3, 0.4) is 0 Å². The maximum Gasteiger partial charge on any atom is 0.191 e. The molecule has 5 nitrogen and oxygen atoms in total. The quantitative estimate of drug-likeness (QED) is 0.198. The molecule has 21 heavy (non-hydrogen) atoms. The molecule has 1 atom stereocenters. The number of guanidine groups is 1. The predicted octanol–water partition coefficient (Wildman–Crippen LogP) is 2.38. The highest BCUT2D eigenvalue weighted by Crippen LogP contribution is 2.10. The molecule has 0 aliphatic carbocycles. The van der Waals surface area contributed by atoms with Gasteiger partial charge >= 0.3 is 0 Å². The minimum absolute atomic E-state index is 0. The molecule has 0 amide bonds. The predicted molar refractivity (Wildman–Crippen MR) is 101 cm³/mol. The topological polar surface area (TPSA) is 65.9 Å². The van der Waals surface area contributed by atoms with Crippen LogP contribution < -0.4 is 10.6 Å². The van der Waals surface area contributed by atoms with Gasteiger partial charge in [0.2, 0.25) is 0 Å². The van der Waals surface area contributed by atoms with E-state index in [2.05, 4.69) is 29.5 Å². The van der Waals surface area contributed by atoms with Crippen molar-refractivity contribution in [1.29, 1.82) is 0 Å². The zero-order valence-electron chi connectivity index (χ0n) is 13.9. The molecule has 0 aromatic carbocycles. The average molecular weight is 415 g/mol. The van der Waals surface area contributed by atoms with E-state index in [9.17, 15) is 0 Å². The third kappa shape index (κ3) is 14.6. The smallest absolute Gasteiger partial charge is 0.191 e. The summed E-state index contributed by atoms with van der Waals surface area (Å²) in [4.78, 5) is 4.61. The summed E-state index contributed by atoms with van der Waals surface area (Å²) in [6, 6.07) is 0. The lowest BCUT2D eigenvalue weighted by Crippen LogP contribution is -2.38. The first kappa shape index (κ1) is 23.2. The fourth-order valence-corrected chi connectivity index (χ4v) is 2.01. The molecule has 0 radical (unpaired) electrons. The van der Waals surface area contributed by atoms with Gasteiger partial charge in [-0.05, 0) is 39.0 Å². The number of aliphatic hydroxyl groups excluding tert-OH is 1. The van der Waals surface area contributed by atoms with E-state index in [1.165, 1.54) is 0 Å². The molecule has 3 N–H and O–H groups in total. The Morgan fingerprint density at radius 3 is 2.52 bits per heavy atom. The Labute approximate surface area is 147 Å². The summed E-state index contributed by atoms with van der Waals surface area (Å²) in [6.07, 6.45) is 4.07. The molecule has 0 aromatic rings. The van der Waals surface area contributed by atoms with Crippen LogP contribution >= 0.6 is 24.0 Å². The van der Waals surface area contributed by atoms with Crippen molar-refractivity contribution in [2.75, 3.05) is 39.5 Å². The SMILES string of the molecule is CCCC(CCO)CN=C(NCC)NCCCOCC.I. The Bertz CT molecular complexity index is 235. The summed E-state index contributed by atoms with van der Waals surface area (Å²) >= 11 is 0. The summed E-state index contributed by atoms with van der Waals surface area (Å²) in [5.41, 5.74) is 0. The normalized spacial score (nSPS) is 12.7. The standard InChI is InChI=1S/C15H33N3O2.HI/c1-4-8-14(9-11-19)13-18-15(16-5-2)17-10-7-12-20-6-3;/h14,19H,4-13H2,1-3H3,(H2,16,17,18);1H. The Kier molecular flexibility index (Phi) is 19.8. The van der Waals surface area contributed by atoms with Gasteiger partial charge in [0.25, 0.3) is 0 Å². The molecule has 0 bridgehead atoms. The number of hydrogen-bond acceptors (Lipinski definition) is 3. The van der Waals surface area contributed by atoms with Crippen LogP contribution in [0.4, 0.5) is 0 Å². The van der Waals surface area contributed by atoms with Crippen LogP contribution in [0.5, 0.6) is 0 Å². The highest BCUT2D eigenvalue weighted by molar-refractivity contribution is 14.0. The number of halogens is 1. The molecule has 128 valence electrons. The van der Waals surface area contributed by atoms with E-state index in [4.69, 9.17) is 9.84 Å². The van der Waals surface area contributed by atoms with Crippen LogP contribution in [0.1, 0.15) is 46.5 Å². The zero-order chi connectivity index (χ0) is 15.1. The van der Waals surface area contributed by atoms with Crippen molar-refractivity contribution >= 4 is 29.9 Å². The lowest BCUT2D eigenvalue weighted by molar-refractivity contribution is 0.145. The molecule has 0 aliphatic rings. The van der Waals surface area contributed by atoms with E-state index in [0.717, 1.165) is 64.5 Å². The minimum Gasteiger partial charge on any atom is -0.396 e. The van der Waals surface area contributed by atoms with Crippen LogP contribution in [-0.4, -0.2) is 50.5 Å². The van der Waals surface area contributed by atoms with Crippen molar-refractivity contribution in [2.24, 2.45) is 10.9 Å². The van der Waals surface area contributed by atoms with Gasteiger partial charge in [0, 0.05) is 39.5 Å². The fraction of sp³-hybridized carbons (Fsp3) is 0.933. The van der Waals surface area contributed by atoms with Crippen LogP contribution in [0.25, 0.3) is 0 Å². The first-order valence-corrected chi connectivity index (χ1v) is 7.99. The van der Waals surface area contributed by atoms with Gasteiger partial charge in [-0.3, -0.25) is 4.99 Å². The Morgan fingerprint density at radius 2 is 1.95 bits per heavy atom. The van der Waals surface area contributed by atoms with Crippen molar-refractivity contribution in [3.8, 4) is 0 Å². The molecular weight excluding hydrogens is 381 g/mol. The van der Waals surface area contributed by atoms with E-state index in [1.807, 2.05) is 6.92 Å². The second kappa shape index (κ2) is 18.0. The average Bonchev–Trinajstić information content (AvgIpc) is 2.44. The maximum atomic E-state index is 9.06. The highest BCUT2D eigenvalue weighted by Gasteiger charge is 2.07. The van der Waals surface area contributed by atoms with Crippen molar-refractivity contribution in [1.82, 2.24) is 10.6 Å². The zero-order valence-corrected chi connectivity index (χ0v) is 16.2. The van der Waals surface area contributed by atoms with Crippen LogP contribution in [-0.2, 0) is 4.74 Å². The third-order valence-corrected chi connectivity index (χ3v) is 3.05. The number of nitrogens with zero attached hydrogens (tertiary/aromatic N) is 1. The van der Waals surface area contributed by atoms with E-state index in [-0.39, 0.29) is 30.6 Å². The summed E-state index contributed by atoms with van der Waals surface area (Å²) in [6.45, 7) is 10.5. The van der Waals surface area contributed by atoms with Crippen molar-refractivity contribution < 1.29 is 9.84 Å². The lowest BCUT2D eigenvalue weighted by Gasteiger charge is -2.15. The van der Waals surface area contributed by atoms with Crippen LogP contribution in [0.15, 0.2) is 4.99 Å². The Morgan fingerprint density at radius 1 is 1.19 bits per heavy atom. The van der Waals surface area contributed by atoms with E-state index >= 15 is 0 Å². The second-order valence-corrected chi connectivity index (χ2v) is 4.86. The van der Waals surface area contributed by atoms with Crippen molar-refractivity contribution in [2.45, 2.75) is 46.5 Å². The molecular formula is C15H34IN3O2. The summed E-state index contributed by atoms with van der Waals surface area (Å²) in [5, 5.41) is 15.6. The first-order chi connectivity index (χ1) is 9.78. The summed E-state index contributed by atoms with van der Waals surface area (Å²) in [5.74, 6) is 1.34. The van der Waals surface area contributed by atoms with Gasteiger partial charge in [0.15, 0.2) is 5.96 Å². The summed E-state index contributed by atoms with van der Waals surface area (Å²) < 4.78 is 5.31. The molecule has 0 aliphatic heterocycles. The number of aliphatic hydroxyl groups is 1. The summed E-state index contributed by atoms with van der Waals surface area (Å²) in [7, 11) is 0. The van der Waals surface area contributed by atoms with Gasteiger partial charge in [-0.2, -0.15) is 0 Å². The molecule has 0 rings (SSSR count). The van der Waals surface area contributed by atoms with Gasteiger partial charge in [-0.1, -0.05) is 13.3 Å². The highest BCUT2D eigenvalue weighted by atomic mass is 127.